The van der Waals surface area contributed by atoms with E-state index in [4.69, 9.17) is 23.2 Å². The molecule has 1 aromatic carbocycles. The van der Waals surface area contributed by atoms with Crippen molar-refractivity contribution in [2.24, 2.45) is 11.8 Å². The largest absolute Gasteiger partial charge is 0.380 e. The summed E-state index contributed by atoms with van der Waals surface area (Å²) in [7, 11) is 0. The van der Waals surface area contributed by atoms with Gasteiger partial charge in [0.1, 0.15) is 0 Å². The van der Waals surface area contributed by atoms with Crippen LogP contribution in [0.2, 0.25) is 10.0 Å². The molecule has 3 heteroatoms. The first kappa shape index (κ1) is 12.1. The molecule has 0 spiro atoms. The van der Waals surface area contributed by atoms with Gasteiger partial charge in [0.2, 0.25) is 0 Å². The van der Waals surface area contributed by atoms with Crippen LogP contribution in [0, 0.1) is 11.8 Å². The maximum Gasteiger partial charge on any atom is 0.0721 e. The second-order valence-electron chi connectivity index (χ2n) is 4.91. The van der Waals surface area contributed by atoms with Crippen LogP contribution in [0.15, 0.2) is 18.2 Å². The average Bonchev–Trinajstić information content (AvgIpc) is 2.13. The van der Waals surface area contributed by atoms with E-state index in [1.54, 1.807) is 0 Å². The first-order valence-corrected chi connectivity index (χ1v) is 6.54. The molecule has 88 valence electrons. The second kappa shape index (κ2) is 4.85. The van der Waals surface area contributed by atoms with Gasteiger partial charge in [-0.15, -0.1) is 0 Å². The zero-order valence-corrected chi connectivity index (χ0v) is 11.1. The van der Waals surface area contributed by atoms with Crippen LogP contribution in [0.1, 0.15) is 26.7 Å². The number of hydrogen-bond acceptors (Lipinski definition) is 1. The lowest BCUT2D eigenvalue weighted by molar-refractivity contribution is 0.212. The molecule has 1 N–H and O–H groups in total. The molecular formula is C13H17Cl2N. The minimum absolute atomic E-state index is 0.532. The molecular weight excluding hydrogens is 241 g/mol. The Balaban J connectivity index is 1.96. The normalized spacial score (nSPS) is 24.3. The van der Waals surface area contributed by atoms with Gasteiger partial charge < -0.3 is 5.32 Å². The standard InChI is InChI=1S/C13H17Cl2N/c1-8(2)9-6-10(7-9)16-13-11(14)4-3-5-12(13)15/h3-5,8-10,16H,6-7H2,1-2H3. The van der Waals surface area contributed by atoms with Crippen molar-refractivity contribution in [3.05, 3.63) is 28.2 Å². The molecule has 0 aliphatic heterocycles. The molecule has 2 rings (SSSR count). The molecule has 0 amide bonds. The van der Waals surface area contributed by atoms with Gasteiger partial charge in [-0.2, -0.15) is 0 Å². The van der Waals surface area contributed by atoms with Crippen molar-refractivity contribution in [2.45, 2.75) is 32.7 Å². The summed E-state index contributed by atoms with van der Waals surface area (Å²) < 4.78 is 0. The van der Waals surface area contributed by atoms with Crippen LogP contribution >= 0.6 is 23.2 Å². The molecule has 0 bridgehead atoms. The first-order chi connectivity index (χ1) is 7.58. The molecule has 1 aromatic rings. The molecule has 1 aliphatic carbocycles. The van der Waals surface area contributed by atoms with Crippen molar-refractivity contribution in [1.82, 2.24) is 0 Å². The number of nitrogens with one attached hydrogen (secondary N) is 1. The van der Waals surface area contributed by atoms with E-state index in [1.807, 2.05) is 18.2 Å². The highest BCUT2D eigenvalue weighted by atomic mass is 35.5. The lowest BCUT2D eigenvalue weighted by Gasteiger charge is -2.39. The minimum Gasteiger partial charge on any atom is -0.380 e. The smallest absolute Gasteiger partial charge is 0.0721 e. The van der Waals surface area contributed by atoms with Crippen LogP contribution in [-0.2, 0) is 0 Å². The molecule has 0 radical (unpaired) electrons. The minimum atomic E-state index is 0.532. The fourth-order valence-corrected chi connectivity index (χ4v) is 2.67. The summed E-state index contributed by atoms with van der Waals surface area (Å²) in [4.78, 5) is 0. The number of benzene rings is 1. The van der Waals surface area contributed by atoms with Crippen LogP contribution < -0.4 is 5.32 Å². The molecule has 1 aliphatic rings. The number of halogens is 2. The van der Waals surface area contributed by atoms with E-state index >= 15 is 0 Å². The van der Waals surface area contributed by atoms with Gasteiger partial charge in [0.25, 0.3) is 0 Å². The van der Waals surface area contributed by atoms with Gasteiger partial charge in [-0.1, -0.05) is 43.1 Å². The van der Waals surface area contributed by atoms with E-state index < -0.39 is 0 Å². The Morgan fingerprint density at radius 1 is 1.19 bits per heavy atom. The highest BCUT2D eigenvalue weighted by molar-refractivity contribution is 6.39. The molecule has 0 heterocycles. The van der Waals surface area contributed by atoms with Crippen LogP contribution in [0.3, 0.4) is 0 Å². The first-order valence-electron chi connectivity index (χ1n) is 5.78. The van der Waals surface area contributed by atoms with Gasteiger partial charge in [-0.25, -0.2) is 0 Å². The second-order valence-corrected chi connectivity index (χ2v) is 5.73. The zero-order valence-electron chi connectivity index (χ0n) is 9.63. The average molecular weight is 258 g/mol. The van der Waals surface area contributed by atoms with E-state index in [9.17, 15) is 0 Å². The highest BCUT2D eigenvalue weighted by Crippen LogP contribution is 2.38. The molecule has 0 saturated heterocycles. The summed E-state index contributed by atoms with van der Waals surface area (Å²) in [5.74, 6) is 1.62. The van der Waals surface area contributed by atoms with Gasteiger partial charge in [0, 0.05) is 6.04 Å². The lowest BCUT2D eigenvalue weighted by atomic mass is 9.73. The SMILES string of the molecule is CC(C)C1CC(Nc2c(Cl)cccc2Cl)C1. The molecule has 1 fully saturated rings. The number of para-hydroxylation sites is 1. The van der Waals surface area contributed by atoms with Crippen molar-refractivity contribution in [3.8, 4) is 0 Å². The lowest BCUT2D eigenvalue weighted by Crippen LogP contribution is -2.38. The Hall–Kier alpha value is -0.400. The van der Waals surface area contributed by atoms with Gasteiger partial charge in [0.15, 0.2) is 0 Å². The van der Waals surface area contributed by atoms with Crippen LogP contribution in [0.4, 0.5) is 5.69 Å². The quantitative estimate of drug-likeness (QED) is 0.817. The summed E-state index contributed by atoms with van der Waals surface area (Å²) in [6, 6.07) is 6.14. The third-order valence-corrected chi connectivity index (χ3v) is 4.06. The van der Waals surface area contributed by atoms with E-state index in [1.165, 1.54) is 12.8 Å². The number of anilines is 1. The third kappa shape index (κ3) is 2.46. The molecule has 16 heavy (non-hydrogen) atoms. The Kier molecular flexibility index (Phi) is 3.66. The van der Waals surface area contributed by atoms with Crippen molar-refractivity contribution in [2.75, 3.05) is 5.32 Å². The Morgan fingerprint density at radius 2 is 1.75 bits per heavy atom. The van der Waals surface area contributed by atoms with E-state index in [2.05, 4.69) is 19.2 Å². The summed E-state index contributed by atoms with van der Waals surface area (Å²) in [6.07, 6.45) is 2.44. The molecule has 1 saturated carbocycles. The summed E-state index contributed by atoms with van der Waals surface area (Å²) >= 11 is 12.2. The van der Waals surface area contributed by atoms with Crippen molar-refractivity contribution in [1.29, 1.82) is 0 Å². The zero-order chi connectivity index (χ0) is 11.7. The van der Waals surface area contributed by atoms with Crippen molar-refractivity contribution >= 4 is 28.9 Å². The summed E-state index contributed by atoms with van der Waals surface area (Å²) in [6.45, 7) is 4.56. The van der Waals surface area contributed by atoms with E-state index in [-0.39, 0.29) is 0 Å². The maximum atomic E-state index is 6.11. The van der Waals surface area contributed by atoms with Gasteiger partial charge in [0.05, 0.1) is 15.7 Å². The number of hydrogen-bond donors (Lipinski definition) is 1. The molecule has 0 atom stereocenters. The summed E-state index contributed by atoms with van der Waals surface area (Å²) in [5.41, 5.74) is 0.887. The Labute approximate surface area is 107 Å². The van der Waals surface area contributed by atoms with E-state index in [0.29, 0.717) is 16.1 Å². The Morgan fingerprint density at radius 3 is 2.25 bits per heavy atom. The predicted molar refractivity (Wildman–Crippen MR) is 71.4 cm³/mol. The maximum absolute atomic E-state index is 6.11. The van der Waals surface area contributed by atoms with Gasteiger partial charge in [-0.05, 0) is 36.8 Å². The van der Waals surface area contributed by atoms with Crippen molar-refractivity contribution < 1.29 is 0 Å². The predicted octanol–water partition coefficient (Wildman–Crippen LogP) is 4.84. The van der Waals surface area contributed by atoms with Gasteiger partial charge in [-0.3, -0.25) is 0 Å². The number of rotatable bonds is 3. The van der Waals surface area contributed by atoms with Crippen LogP contribution in [0.5, 0.6) is 0 Å². The topological polar surface area (TPSA) is 12.0 Å². The van der Waals surface area contributed by atoms with Gasteiger partial charge >= 0.3 is 0 Å². The monoisotopic (exact) mass is 257 g/mol. The van der Waals surface area contributed by atoms with Crippen LogP contribution in [-0.4, -0.2) is 6.04 Å². The fraction of sp³-hybridized carbons (Fsp3) is 0.538. The third-order valence-electron chi connectivity index (χ3n) is 3.43. The Bertz CT molecular complexity index is 350. The van der Waals surface area contributed by atoms with Crippen molar-refractivity contribution in [3.63, 3.8) is 0 Å². The fourth-order valence-electron chi connectivity index (χ4n) is 2.16. The molecule has 0 unspecified atom stereocenters. The molecule has 0 aromatic heterocycles. The van der Waals surface area contributed by atoms with Crippen LogP contribution in [0.25, 0.3) is 0 Å². The molecule has 1 nitrogen and oxygen atoms in total. The van der Waals surface area contributed by atoms with E-state index in [0.717, 1.165) is 17.5 Å². The summed E-state index contributed by atoms with van der Waals surface area (Å²) in [5, 5.41) is 4.85. The highest BCUT2D eigenvalue weighted by Gasteiger charge is 2.31.